The monoisotopic (exact) mass is 979 g/mol. The number of sulfone groups is 1. The van der Waals surface area contributed by atoms with Crippen LogP contribution in [0.15, 0.2) is 71.9 Å². The van der Waals surface area contributed by atoms with Crippen LogP contribution in [0.25, 0.3) is 10.8 Å². The minimum Gasteiger partial charge on any atom is -0.496 e. The minimum atomic E-state index is -3.71. The molecule has 1 heterocycles. The van der Waals surface area contributed by atoms with Crippen LogP contribution in [0.3, 0.4) is 0 Å². The van der Waals surface area contributed by atoms with Crippen molar-refractivity contribution < 1.29 is 60.8 Å². The number of halogens is 1. The number of hydrogen-bond acceptors (Lipinski definition) is 13. The molecule has 1 unspecified atom stereocenters. The lowest BCUT2D eigenvalue weighted by atomic mass is 9.99. The Labute approximate surface area is 397 Å². The number of pyridine rings is 1. The number of ether oxygens (including phenoxy) is 4. The SMILES string of the molecule is COc1ccc(C(C(=O)O)N(c2ccc3cncc(F)c3c2)N(C(=O)OC(C)(C)C)C(=O)OC(C)(C)C)cc1CCC(=O)Nc1ccc(S(=O)(=O)C2CC2)c(CN(C)C(=O)OCC[Si](C)(C)C)c1. The average molecular weight is 980 g/mol. The quantitative estimate of drug-likeness (QED) is 0.0573. The van der Waals surface area contributed by atoms with Crippen molar-refractivity contribution >= 4 is 70.2 Å². The maximum absolute atomic E-state index is 15.3. The van der Waals surface area contributed by atoms with Crippen LogP contribution in [-0.4, -0.2) is 104 Å². The third-order valence-corrected chi connectivity index (χ3v) is 14.5. The van der Waals surface area contributed by atoms with Gasteiger partial charge in [0.05, 0.1) is 42.3 Å². The number of aryl methyl sites for hydroxylation is 1. The first-order valence-electron chi connectivity index (χ1n) is 22.1. The molecule has 2 N–H and O–H groups in total. The van der Waals surface area contributed by atoms with Crippen LogP contribution in [0, 0.1) is 5.82 Å². The van der Waals surface area contributed by atoms with Crippen LogP contribution in [0.5, 0.6) is 5.75 Å². The molecule has 1 aliphatic carbocycles. The van der Waals surface area contributed by atoms with Crippen molar-refractivity contribution in [2.75, 3.05) is 31.1 Å². The van der Waals surface area contributed by atoms with Gasteiger partial charge in [-0.3, -0.25) is 14.8 Å². The lowest BCUT2D eigenvalue weighted by Crippen LogP contribution is -2.56. The molecule has 4 amide bonds. The van der Waals surface area contributed by atoms with Gasteiger partial charge < -0.3 is 34.3 Å². The van der Waals surface area contributed by atoms with E-state index in [0.29, 0.717) is 34.4 Å². The third-order valence-electron chi connectivity index (χ3n) is 10.4. The number of anilines is 2. The number of hydrazine groups is 1. The summed E-state index contributed by atoms with van der Waals surface area (Å²) in [6.45, 7) is 16.0. The number of rotatable bonds is 17. The summed E-state index contributed by atoms with van der Waals surface area (Å²) >= 11 is 0. The molecule has 17 nitrogen and oxygen atoms in total. The molecular formula is C48H62FN5O12SSi. The number of aliphatic carboxylic acids is 1. The van der Waals surface area contributed by atoms with Crippen LogP contribution in [0.4, 0.5) is 30.1 Å². The van der Waals surface area contributed by atoms with Gasteiger partial charge in [-0.05, 0) is 126 Å². The van der Waals surface area contributed by atoms with Gasteiger partial charge >= 0.3 is 24.2 Å². The topological polar surface area (TPSA) is 211 Å². The third kappa shape index (κ3) is 13.9. The van der Waals surface area contributed by atoms with Gasteiger partial charge in [-0.1, -0.05) is 31.8 Å². The zero-order valence-electron chi connectivity index (χ0n) is 40.5. The van der Waals surface area contributed by atoms with Gasteiger partial charge in [0.15, 0.2) is 15.9 Å². The number of hydrogen-bond donors (Lipinski definition) is 2. The highest BCUT2D eigenvalue weighted by molar-refractivity contribution is 7.92. The Hall–Kier alpha value is -6.28. The molecule has 1 saturated carbocycles. The van der Waals surface area contributed by atoms with Crippen molar-refractivity contribution in [2.45, 2.75) is 127 Å². The molecule has 4 aromatic rings. The smallest absolute Gasteiger partial charge is 0.439 e. The molecule has 1 atom stereocenters. The number of methoxy groups -OCH3 is 1. The lowest BCUT2D eigenvalue weighted by molar-refractivity contribution is -0.139. The predicted molar refractivity (Wildman–Crippen MR) is 256 cm³/mol. The number of carboxylic acids is 1. The van der Waals surface area contributed by atoms with Gasteiger partial charge in [0.1, 0.15) is 22.8 Å². The zero-order valence-corrected chi connectivity index (χ0v) is 42.3. The van der Waals surface area contributed by atoms with Crippen LogP contribution in [0.1, 0.15) is 83.5 Å². The average Bonchev–Trinajstić information content (AvgIpc) is 4.08. The van der Waals surface area contributed by atoms with E-state index in [9.17, 15) is 37.5 Å². The zero-order chi connectivity index (χ0) is 50.5. The Bertz CT molecular complexity index is 2630. The van der Waals surface area contributed by atoms with E-state index in [0.717, 1.165) is 17.2 Å². The number of amides is 4. The highest BCUT2D eigenvalue weighted by atomic mass is 32.2. The van der Waals surface area contributed by atoms with Crippen molar-refractivity contribution in [3.05, 3.63) is 89.5 Å². The molecule has 0 radical (unpaired) electrons. The Kier molecular flexibility index (Phi) is 16.2. The summed E-state index contributed by atoms with van der Waals surface area (Å²) in [5, 5.41) is 15.0. The summed E-state index contributed by atoms with van der Waals surface area (Å²) in [6, 6.07) is 11.8. The van der Waals surface area contributed by atoms with Gasteiger partial charge in [0, 0.05) is 44.2 Å². The molecule has 0 saturated heterocycles. The van der Waals surface area contributed by atoms with Gasteiger partial charge in [-0.15, -0.1) is 5.01 Å². The van der Waals surface area contributed by atoms with E-state index in [4.69, 9.17) is 18.9 Å². The molecule has 5 rings (SSSR count). The van der Waals surface area contributed by atoms with E-state index >= 15 is 4.39 Å². The molecule has 20 heteroatoms. The fourth-order valence-electron chi connectivity index (χ4n) is 7.01. The molecule has 368 valence electrons. The summed E-state index contributed by atoms with van der Waals surface area (Å²) in [6.07, 6.45) is 0.0402. The van der Waals surface area contributed by atoms with Gasteiger partial charge in [0.2, 0.25) is 5.91 Å². The van der Waals surface area contributed by atoms with Crippen molar-refractivity contribution in [3.8, 4) is 5.75 Å². The number of carboxylic acid groups (broad SMARTS) is 1. The first kappa shape index (κ1) is 52.7. The van der Waals surface area contributed by atoms with Crippen molar-refractivity contribution in [1.82, 2.24) is 14.9 Å². The van der Waals surface area contributed by atoms with Crippen molar-refractivity contribution in [3.63, 3.8) is 0 Å². The van der Waals surface area contributed by atoms with Crippen LogP contribution in [0.2, 0.25) is 25.7 Å². The summed E-state index contributed by atoms with van der Waals surface area (Å²) in [7, 11) is -2.29. The minimum absolute atomic E-state index is 0.00932. The van der Waals surface area contributed by atoms with Gasteiger partial charge in [-0.25, -0.2) is 32.0 Å². The molecule has 1 fully saturated rings. The van der Waals surface area contributed by atoms with Crippen molar-refractivity contribution in [1.29, 1.82) is 0 Å². The number of carbonyl (C=O) groups is 5. The van der Waals surface area contributed by atoms with E-state index in [1.165, 1.54) is 79.9 Å². The van der Waals surface area contributed by atoms with E-state index in [1.807, 2.05) is 0 Å². The Morgan fingerprint density at radius 1 is 0.882 bits per heavy atom. The highest BCUT2D eigenvalue weighted by Crippen LogP contribution is 2.38. The number of imide groups is 1. The normalized spacial score (nSPS) is 13.5. The molecule has 68 heavy (non-hydrogen) atoms. The Morgan fingerprint density at radius 2 is 1.53 bits per heavy atom. The maximum Gasteiger partial charge on any atom is 0.439 e. The molecule has 1 aliphatic rings. The lowest BCUT2D eigenvalue weighted by Gasteiger charge is -2.39. The first-order chi connectivity index (χ1) is 31.6. The van der Waals surface area contributed by atoms with Crippen LogP contribution < -0.4 is 15.1 Å². The Morgan fingerprint density at radius 3 is 2.10 bits per heavy atom. The molecule has 0 aliphatic heterocycles. The predicted octanol–water partition coefficient (Wildman–Crippen LogP) is 9.52. The molecule has 3 aromatic carbocycles. The maximum atomic E-state index is 15.3. The number of carbonyl (C=O) groups excluding carboxylic acids is 4. The second-order valence-corrected chi connectivity index (χ2v) is 27.7. The second-order valence-electron chi connectivity index (χ2n) is 19.9. The van der Waals surface area contributed by atoms with Crippen molar-refractivity contribution in [2.24, 2.45) is 0 Å². The van der Waals surface area contributed by atoms with Crippen LogP contribution in [-0.2, 0) is 46.6 Å². The summed E-state index contributed by atoms with van der Waals surface area (Å²) in [5.41, 5.74) is -1.50. The fraction of sp³-hybridized carbons (Fsp3) is 0.458. The van der Waals surface area contributed by atoms with Gasteiger partial charge in [-0.2, -0.15) is 0 Å². The molecule has 0 bridgehead atoms. The molecule has 0 spiro atoms. The van der Waals surface area contributed by atoms with Crippen LogP contribution >= 0.6 is 0 Å². The fourth-order valence-corrected chi connectivity index (χ4v) is 9.59. The summed E-state index contributed by atoms with van der Waals surface area (Å²) < 4.78 is 64.6. The second kappa shape index (κ2) is 20.9. The van der Waals surface area contributed by atoms with E-state index in [1.54, 1.807) is 41.5 Å². The standard InChI is InChI=1S/C48H62FN5O12SSi/c1-47(2,3)65-45(59)54(46(60)66-48(4,5)6)53(35-16-12-32-27-50-28-38(49)37(32)26-35)42(43(56)57)31-13-19-39(63-8)30(24-31)14-21-41(55)51-34-15-20-40(67(61,62)36-17-18-36)33(25-34)29-52(7)44(58)64-22-23-68(9,10)11/h12-13,15-16,19-20,24-28,36,42H,14,17-18,21-23,29H2,1-11H3,(H,51,55)(H,56,57). The number of aromatic nitrogens is 1. The first-order valence-corrected chi connectivity index (χ1v) is 27.4. The number of nitrogens with one attached hydrogen (secondary N) is 1. The van der Waals surface area contributed by atoms with E-state index in [-0.39, 0.29) is 59.0 Å². The number of fused-ring (bicyclic) bond motifs is 1. The highest BCUT2D eigenvalue weighted by Gasteiger charge is 2.43. The largest absolute Gasteiger partial charge is 0.496 e. The number of benzene rings is 3. The molecular weight excluding hydrogens is 918 g/mol. The van der Waals surface area contributed by atoms with E-state index < -0.39 is 76.4 Å². The van der Waals surface area contributed by atoms with E-state index in [2.05, 4.69) is 29.9 Å². The van der Waals surface area contributed by atoms with Gasteiger partial charge in [0.25, 0.3) is 0 Å². The number of nitrogens with zero attached hydrogens (tertiary/aromatic N) is 4. The summed E-state index contributed by atoms with van der Waals surface area (Å²) in [5.74, 6) is -2.51. The molecule has 1 aromatic heterocycles. The summed E-state index contributed by atoms with van der Waals surface area (Å²) in [4.78, 5) is 73.7. The Balaban J connectivity index is 1.49.